The van der Waals surface area contributed by atoms with Crippen molar-refractivity contribution < 1.29 is 0 Å². The van der Waals surface area contributed by atoms with Crippen LogP contribution in [-0.2, 0) is 0 Å². The highest BCUT2D eigenvalue weighted by molar-refractivity contribution is 7.80. The number of hydrogen-bond acceptors (Lipinski definition) is 3. The van der Waals surface area contributed by atoms with Gasteiger partial charge >= 0.3 is 0 Å². The average molecular weight is 258 g/mol. The van der Waals surface area contributed by atoms with Crippen LogP contribution in [0, 0.1) is 6.92 Å². The molecule has 0 radical (unpaired) electrons. The normalized spacial score (nSPS) is 14.7. The summed E-state index contributed by atoms with van der Waals surface area (Å²) in [6.45, 7) is 1.93. The molecule has 0 aromatic carbocycles. The van der Waals surface area contributed by atoms with Gasteiger partial charge in [-0.05, 0) is 38.0 Å². The summed E-state index contributed by atoms with van der Waals surface area (Å²) >= 11 is 5.01. The quantitative estimate of drug-likeness (QED) is 0.856. The van der Waals surface area contributed by atoms with Crippen LogP contribution in [0.4, 0.5) is 0 Å². The summed E-state index contributed by atoms with van der Waals surface area (Å²) in [5, 5.41) is 4.55. The first-order valence-corrected chi connectivity index (χ1v) is 6.39. The molecule has 1 fully saturated rings. The summed E-state index contributed by atoms with van der Waals surface area (Å²) in [7, 11) is 0. The van der Waals surface area contributed by atoms with Crippen molar-refractivity contribution in [2.24, 2.45) is 5.73 Å². The fourth-order valence-corrected chi connectivity index (χ4v) is 2.09. The number of nitrogens with zero attached hydrogens (tertiary/aromatic N) is 3. The van der Waals surface area contributed by atoms with Crippen molar-refractivity contribution >= 4 is 17.2 Å². The first-order chi connectivity index (χ1) is 8.63. The van der Waals surface area contributed by atoms with Gasteiger partial charge in [0.15, 0.2) is 5.82 Å². The first kappa shape index (κ1) is 11.3. The molecule has 2 aromatic heterocycles. The Morgan fingerprint density at radius 1 is 1.44 bits per heavy atom. The highest BCUT2D eigenvalue weighted by atomic mass is 32.1. The molecule has 1 aliphatic rings. The summed E-state index contributed by atoms with van der Waals surface area (Å²) in [6, 6.07) is 5.82. The van der Waals surface area contributed by atoms with Crippen LogP contribution in [-0.4, -0.2) is 19.8 Å². The lowest BCUT2D eigenvalue weighted by Crippen LogP contribution is -2.11. The van der Waals surface area contributed by atoms with Gasteiger partial charge in [0.25, 0.3) is 0 Å². The molecule has 0 saturated heterocycles. The van der Waals surface area contributed by atoms with E-state index in [1.165, 1.54) is 12.8 Å². The van der Waals surface area contributed by atoms with Gasteiger partial charge in [-0.15, -0.1) is 0 Å². The van der Waals surface area contributed by atoms with E-state index in [0.717, 1.165) is 22.8 Å². The van der Waals surface area contributed by atoms with Crippen LogP contribution in [0.1, 0.15) is 35.7 Å². The van der Waals surface area contributed by atoms with Gasteiger partial charge in [-0.3, -0.25) is 0 Å². The lowest BCUT2D eigenvalue weighted by atomic mass is 10.2. The molecule has 5 heteroatoms. The Labute approximate surface area is 111 Å². The van der Waals surface area contributed by atoms with E-state index in [-0.39, 0.29) is 0 Å². The Morgan fingerprint density at radius 2 is 2.22 bits per heavy atom. The largest absolute Gasteiger partial charge is 0.389 e. The molecule has 4 nitrogen and oxygen atoms in total. The van der Waals surface area contributed by atoms with E-state index >= 15 is 0 Å². The van der Waals surface area contributed by atoms with Crippen LogP contribution >= 0.6 is 12.2 Å². The predicted octanol–water partition coefficient (Wildman–Crippen LogP) is 2.09. The van der Waals surface area contributed by atoms with Crippen molar-refractivity contribution in [3.63, 3.8) is 0 Å². The number of hydrogen-bond donors (Lipinski definition) is 1. The maximum absolute atomic E-state index is 5.67. The van der Waals surface area contributed by atoms with E-state index in [0.29, 0.717) is 10.9 Å². The van der Waals surface area contributed by atoms with Crippen molar-refractivity contribution in [3.8, 4) is 5.82 Å². The minimum atomic E-state index is 0.385. The van der Waals surface area contributed by atoms with Gasteiger partial charge in [0.2, 0.25) is 0 Å². The second kappa shape index (κ2) is 4.17. The second-order valence-corrected chi connectivity index (χ2v) is 5.12. The van der Waals surface area contributed by atoms with E-state index in [2.05, 4.69) is 16.1 Å². The lowest BCUT2D eigenvalue weighted by Gasteiger charge is -2.05. The van der Waals surface area contributed by atoms with Crippen LogP contribution in [0.15, 0.2) is 24.4 Å². The number of rotatable bonds is 3. The average Bonchev–Trinajstić information content (AvgIpc) is 3.06. The van der Waals surface area contributed by atoms with Crippen LogP contribution in [0.5, 0.6) is 0 Å². The van der Waals surface area contributed by atoms with Gasteiger partial charge in [-0.1, -0.05) is 12.2 Å². The molecule has 0 amide bonds. The van der Waals surface area contributed by atoms with Gasteiger partial charge in [0.05, 0.1) is 5.69 Å². The van der Waals surface area contributed by atoms with Crippen LogP contribution in [0.2, 0.25) is 0 Å². The Balaban J connectivity index is 2.01. The molecule has 2 N–H and O–H groups in total. The molecule has 2 aromatic rings. The summed E-state index contributed by atoms with van der Waals surface area (Å²) in [4.78, 5) is 4.85. The Kier molecular flexibility index (Phi) is 2.63. The van der Waals surface area contributed by atoms with Gasteiger partial charge in [0, 0.05) is 23.4 Å². The zero-order valence-electron chi connectivity index (χ0n) is 10.1. The molecule has 1 saturated carbocycles. The SMILES string of the molecule is Cc1cc(C(N)=S)cc(-n2ccc(C3CC3)n2)n1. The minimum Gasteiger partial charge on any atom is -0.389 e. The molecule has 0 atom stereocenters. The Bertz CT molecular complexity index is 613. The molecule has 3 rings (SSSR count). The number of nitrogens with two attached hydrogens (primary N) is 1. The van der Waals surface area contributed by atoms with E-state index < -0.39 is 0 Å². The van der Waals surface area contributed by atoms with Crippen molar-refractivity contribution in [1.29, 1.82) is 0 Å². The number of pyridine rings is 1. The van der Waals surface area contributed by atoms with Crippen molar-refractivity contribution in [1.82, 2.24) is 14.8 Å². The molecule has 0 aliphatic heterocycles. The summed E-state index contributed by atoms with van der Waals surface area (Å²) in [5.74, 6) is 1.41. The third-order valence-electron chi connectivity index (χ3n) is 3.06. The molecule has 2 heterocycles. The van der Waals surface area contributed by atoms with E-state index in [1.807, 2.05) is 25.3 Å². The third kappa shape index (κ3) is 2.13. The van der Waals surface area contributed by atoms with Crippen LogP contribution in [0.25, 0.3) is 5.82 Å². The van der Waals surface area contributed by atoms with Gasteiger partial charge in [-0.2, -0.15) is 5.10 Å². The molecule has 1 aliphatic carbocycles. The van der Waals surface area contributed by atoms with Crippen molar-refractivity contribution in [2.45, 2.75) is 25.7 Å². The third-order valence-corrected chi connectivity index (χ3v) is 3.30. The number of aryl methyl sites for hydroxylation is 1. The van der Waals surface area contributed by atoms with Gasteiger partial charge in [0.1, 0.15) is 4.99 Å². The molecule has 0 bridgehead atoms. The van der Waals surface area contributed by atoms with Crippen molar-refractivity contribution in [2.75, 3.05) is 0 Å². The Morgan fingerprint density at radius 3 is 2.89 bits per heavy atom. The van der Waals surface area contributed by atoms with Crippen molar-refractivity contribution in [3.05, 3.63) is 41.3 Å². The minimum absolute atomic E-state index is 0.385. The van der Waals surface area contributed by atoms with Crippen LogP contribution < -0.4 is 5.73 Å². The monoisotopic (exact) mass is 258 g/mol. The Hall–Kier alpha value is -1.75. The molecule has 0 spiro atoms. The zero-order valence-corrected chi connectivity index (χ0v) is 10.9. The number of aromatic nitrogens is 3. The summed E-state index contributed by atoms with van der Waals surface area (Å²) in [6.07, 6.45) is 4.44. The predicted molar refractivity (Wildman–Crippen MR) is 74.0 cm³/mol. The molecular formula is C13H14N4S. The van der Waals surface area contributed by atoms with Gasteiger partial charge in [-0.25, -0.2) is 9.67 Å². The lowest BCUT2D eigenvalue weighted by molar-refractivity contribution is 0.808. The topological polar surface area (TPSA) is 56.7 Å². The molecular weight excluding hydrogens is 244 g/mol. The summed E-state index contributed by atoms with van der Waals surface area (Å²) in [5.41, 5.74) is 8.53. The maximum atomic E-state index is 5.67. The fraction of sp³-hybridized carbons (Fsp3) is 0.308. The van der Waals surface area contributed by atoms with E-state index in [4.69, 9.17) is 18.0 Å². The van der Waals surface area contributed by atoms with E-state index in [9.17, 15) is 0 Å². The molecule has 18 heavy (non-hydrogen) atoms. The fourth-order valence-electron chi connectivity index (χ4n) is 1.97. The summed E-state index contributed by atoms with van der Waals surface area (Å²) < 4.78 is 1.79. The second-order valence-electron chi connectivity index (χ2n) is 4.68. The van der Waals surface area contributed by atoms with Gasteiger partial charge < -0.3 is 5.73 Å². The standard InChI is InChI=1S/C13H14N4S/c1-8-6-10(13(14)18)7-12(15-8)17-5-4-11(16-17)9-2-3-9/h4-7,9H,2-3H2,1H3,(H2,14,18). The number of thiocarbonyl (C=S) groups is 1. The molecule has 0 unspecified atom stereocenters. The van der Waals surface area contributed by atoms with E-state index in [1.54, 1.807) is 4.68 Å². The molecule has 92 valence electrons. The maximum Gasteiger partial charge on any atom is 0.154 e. The first-order valence-electron chi connectivity index (χ1n) is 5.98. The highest BCUT2D eigenvalue weighted by Crippen LogP contribution is 2.38. The highest BCUT2D eigenvalue weighted by Gasteiger charge is 2.26. The smallest absolute Gasteiger partial charge is 0.154 e. The van der Waals surface area contributed by atoms with Crippen LogP contribution in [0.3, 0.4) is 0 Å². The zero-order chi connectivity index (χ0) is 12.7.